The molecule has 0 unspecified atom stereocenters. The van der Waals surface area contributed by atoms with E-state index in [4.69, 9.17) is 19.4 Å². The minimum Gasteiger partial charge on any atom is -0.378 e. The molecular formula is C23H28N4O3S2. The molecule has 0 aromatic carbocycles. The van der Waals surface area contributed by atoms with Gasteiger partial charge in [-0.1, -0.05) is 0 Å². The zero-order chi connectivity index (χ0) is 22.3. The molecule has 0 atom stereocenters. The molecule has 2 aliphatic heterocycles. The zero-order valence-corrected chi connectivity index (χ0v) is 20.4. The van der Waals surface area contributed by atoms with Crippen LogP contribution < -0.4 is 4.90 Å². The van der Waals surface area contributed by atoms with E-state index in [-0.39, 0.29) is 11.4 Å². The summed E-state index contributed by atoms with van der Waals surface area (Å²) in [5.41, 5.74) is 3.26. The smallest absolute Gasteiger partial charge is 0.136 e. The van der Waals surface area contributed by atoms with E-state index >= 15 is 0 Å². The van der Waals surface area contributed by atoms with Crippen molar-refractivity contribution in [3.05, 3.63) is 17.5 Å². The normalized spacial score (nSPS) is 18.3. The van der Waals surface area contributed by atoms with Crippen molar-refractivity contribution in [1.29, 1.82) is 0 Å². The van der Waals surface area contributed by atoms with Gasteiger partial charge in [-0.3, -0.25) is 0 Å². The Morgan fingerprint density at radius 2 is 2.06 bits per heavy atom. The van der Waals surface area contributed by atoms with Gasteiger partial charge in [-0.05, 0) is 38.5 Å². The van der Waals surface area contributed by atoms with Crippen LogP contribution >= 0.6 is 23.1 Å². The molecule has 3 aromatic heterocycles. The van der Waals surface area contributed by atoms with Gasteiger partial charge in [-0.2, -0.15) is 0 Å². The first-order chi connectivity index (χ1) is 15.4. The maximum atomic E-state index is 11.3. The molecule has 0 spiro atoms. The second-order valence-corrected chi connectivity index (χ2v) is 11.1. The van der Waals surface area contributed by atoms with Crippen molar-refractivity contribution in [2.45, 2.75) is 57.3 Å². The molecule has 1 saturated heterocycles. The number of Topliss-reactive ketones (excluding diaryl/α,β-unsaturated/α-hetero) is 1. The molecule has 0 aliphatic carbocycles. The van der Waals surface area contributed by atoms with Gasteiger partial charge in [0.15, 0.2) is 0 Å². The lowest BCUT2D eigenvalue weighted by atomic mass is 9.90. The third-order valence-electron chi connectivity index (χ3n) is 6.00. The van der Waals surface area contributed by atoms with Gasteiger partial charge in [-0.25, -0.2) is 15.0 Å². The molecule has 2 aliphatic rings. The molecule has 0 bridgehead atoms. The predicted molar refractivity (Wildman–Crippen MR) is 129 cm³/mol. The van der Waals surface area contributed by atoms with E-state index in [1.54, 1.807) is 36.3 Å². The van der Waals surface area contributed by atoms with Crippen LogP contribution in [0.25, 0.3) is 20.4 Å². The number of aromatic nitrogens is 3. The number of hydrogen-bond donors (Lipinski definition) is 0. The van der Waals surface area contributed by atoms with Crippen LogP contribution in [-0.2, 0) is 27.3 Å². The second kappa shape index (κ2) is 8.85. The highest BCUT2D eigenvalue weighted by Gasteiger charge is 2.33. The monoisotopic (exact) mass is 472 g/mol. The minimum atomic E-state index is -0.227. The Bertz CT molecular complexity index is 1170. The third-order valence-corrected chi connectivity index (χ3v) is 8.28. The molecule has 32 heavy (non-hydrogen) atoms. The Morgan fingerprint density at radius 1 is 1.25 bits per heavy atom. The van der Waals surface area contributed by atoms with E-state index < -0.39 is 0 Å². The van der Waals surface area contributed by atoms with Gasteiger partial charge in [-0.15, -0.1) is 23.1 Å². The van der Waals surface area contributed by atoms with Crippen molar-refractivity contribution in [1.82, 2.24) is 15.0 Å². The molecule has 0 radical (unpaired) electrons. The van der Waals surface area contributed by atoms with E-state index in [9.17, 15) is 4.79 Å². The van der Waals surface area contributed by atoms with E-state index in [2.05, 4.69) is 23.7 Å². The van der Waals surface area contributed by atoms with Crippen LogP contribution in [0.15, 0.2) is 11.4 Å². The summed E-state index contributed by atoms with van der Waals surface area (Å²) in [6.07, 6.45) is 3.96. The summed E-state index contributed by atoms with van der Waals surface area (Å²) < 4.78 is 12.9. The third kappa shape index (κ3) is 4.23. The number of fused-ring (bicyclic) bond motifs is 5. The van der Waals surface area contributed by atoms with Crippen molar-refractivity contribution >= 4 is 55.1 Å². The fraction of sp³-hybridized carbons (Fsp3) is 0.565. The van der Waals surface area contributed by atoms with Gasteiger partial charge in [0.2, 0.25) is 0 Å². The Labute approximate surface area is 195 Å². The van der Waals surface area contributed by atoms with Crippen LogP contribution in [0, 0.1) is 0 Å². The highest BCUT2D eigenvalue weighted by molar-refractivity contribution is 7.99. The molecule has 5 heterocycles. The summed E-state index contributed by atoms with van der Waals surface area (Å²) in [6.45, 7) is 9.64. The molecule has 3 aromatic rings. The molecule has 170 valence electrons. The number of ether oxygens (including phenoxy) is 2. The lowest BCUT2D eigenvalue weighted by molar-refractivity contribution is -0.117. The average Bonchev–Trinajstić information content (AvgIpc) is 3.15. The zero-order valence-electron chi connectivity index (χ0n) is 18.8. The first-order valence-corrected chi connectivity index (χ1v) is 12.9. The maximum absolute atomic E-state index is 11.3. The Hall–Kier alpha value is -1.81. The van der Waals surface area contributed by atoms with E-state index in [1.807, 2.05) is 0 Å². The highest BCUT2D eigenvalue weighted by atomic mass is 32.2. The van der Waals surface area contributed by atoms with E-state index in [1.165, 1.54) is 11.1 Å². The van der Waals surface area contributed by atoms with Gasteiger partial charge >= 0.3 is 0 Å². The van der Waals surface area contributed by atoms with Gasteiger partial charge in [0.25, 0.3) is 0 Å². The number of morpholine rings is 1. The van der Waals surface area contributed by atoms with Gasteiger partial charge in [0.1, 0.15) is 27.8 Å². The molecular weight excluding hydrogens is 444 g/mol. The van der Waals surface area contributed by atoms with Crippen LogP contribution in [0.5, 0.6) is 0 Å². The van der Waals surface area contributed by atoms with Gasteiger partial charge in [0, 0.05) is 36.9 Å². The Morgan fingerprint density at radius 3 is 2.84 bits per heavy atom. The largest absolute Gasteiger partial charge is 0.378 e. The summed E-state index contributed by atoms with van der Waals surface area (Å²) in [4.78, 5) is 29.0. The number of rotatable bonds is 6. The molecule has 7 nitrogen and oxygen atoms in total. The number of anilines is 1. The van der Waals surface area contributed by atoms with Crippen LogP contribution in [-0.4, -0.2) is 58.4 Å². The van der Waals surface area contributed by atoms with Crippen molar-refractivity contribution < 1.29 is 14.3 Å². The lowest BCUT2D eigenvalue weighted by Crippen LogP contribution is -2.39. The fourth-order valence-electron chi connectivity index (χ4n) is 4.40. The van der Waals surface area contributed by atoms with Crippen LogP contribution in [0.2, 0.25) is 0 Å². The SMILES string of the molecule is CC(=O)CCCSc1ncnc2c1sc1nc(N3CCOCC3)c3c(c12)CC(C)(C)OC3. The van der Waals surface area contributed by atoms with Gasteiger partial charge < -0.3 is 19.2 Å². The van der Waals surface area contributed by atoms with Crippen molar-refractivity contribution in [3.63, 3.8) is 0 Å². The summed E-state index contributed by atoms with van der Waals surface area (Å²) >= 11 is 3.39. The topological polar surface area (TPSA) is 77.4 Å². The van der Waals surface area contributed by atoms with Gasteiger partial charge in [0.05, 0.1) is 35.6 Å². The summed E-state index contributed by atoms with van der Waals surface area (Å²) in [5.74, 6) is 2.13. The first kappa shape index (κ1) is 22.0. The molecule has 5 rings (SSSR count). The number of ketones is 1. The van der Waals surface area contributed by atoms with Crippen LogP contribution in [0.1, 0.15) is 44.7 Å². The highest BCUT2D eigenvalue weighted by Crippen LogP contribution is 2.44. The molecule has 0 saturated carbocycles. The van der Waals surface area contributed by atoms with Crippen molar-refractivity contribution in [2.75, 3.05) is 37.0 Å². The van der Waals surface area contributed by atoms with E-state index in [0.717, 1.165) is 76.2 Å². The summed E-state index contributed by atoms with van der Waals surface area (Å²) in [6, 6.07) is 0. The average molecular weight is 473 g/mol. The molecule has 0 N–H and O–H groups in total. The standard InChI is InChI=1S/C23H28N4O3S2/c1-14(28)5-4-10-31-22-19-18(24-13-25-22)17-15-11-23(2,3)30-12-16(15)20(26-21(17)32-19)27-6-8-29-9-7-27/h13H,4-12H2,1-3H3. The number of thiophene rings is 1. The quantitative estimate of drug-likeness (QED) is 0.297. The number of nitrogens with zero attached hydrogens (tertiary/aromatic N) is 4. The fourth-order valence-corrected chi connectivity index (χ4v) is 6.57. The molecule has 0 amide bonds. The summed E-state index contributed by atoms with van der Waals surface area (Å²) in [5, 5.41) is 2.14. The first-order valence-electron chi connectivity index (χ1n) is 11.1. The molecule has 9 heteroatoms. The predicted octanol–water partition coefficient (Wildman–Crippen LogP) is 4.39. The molecule has 1 fully saturated rings. The Balaban J connectivity index is 1.62. The number of thioether (sulfide) groups is 1. The number of hydrogen-bond acceptors (Lipinski definition) is 9. The van der Waals surface area contributed by atoms with Crippen molar-refractivity contribution in [2.24, 2.45) is 0 Å². The number of pyridine rings is 1. The van der Waals surface area contributed by atoms with Crippen LogP contribution in [0.4, 0.5) is 5.82 Å². The second-order valence-electron chi connectivity index (χ2n) is 9.01. The summed E-state index contributed by atoms with van der Waals surface area (Å²) in [7, 11) is 0. The van der Waals surface area contributed by atoms with Crippen molar-refractivity contribution in [3.8, 4) is 0 Å². The van der Waals surface area contributed by atoms with Crippen LogP contribution in [0.3, 0.4) is 0 Å². The number of carbonyl (C=O) groups excluding carboxylic acids is 1. The van der Waals surface area contributed by atoms with E-state index in [0.29, 0.717) is 13.0 Å². The maximum Gasteiger partial charge on any atom is 0.136 e. The number of carbonyl (C=O) groups is 1. The lowest BCUT2D eigenvalue weighted by Gasteiger charge is -2.36. The Kier molecular flexibility index (Phi) is 6.09. The minimum absolute atomic E-state index is 0.227.